The zero-order valence-corrected chi connectivity index (χ0v) is 14.7. The maximum atomic E-state index is 12.6. The topological polar surface area (TPSA) is 67.8 Å². The molecule has 3 rings (SSSR count). The van der Waals surface area contributed by atoms with Gasteiger partial charge < -0.3 is 19.3 Å². The molecule has 0 saturated carbocycles. The lowest BCUT2D eigenvalue weighted by Gasteiger charge is -2.47. The number of hydrogen-bond donors (Lipinski definition) is 0. The minimum atomic E-state index is -0.118. The normalized spacial score (nSPS) is 23.5. The van der Waals surface area contributed by atoms with Crippen LogP contribution in [0.3, 0.4) is 0 Å². The van der Waals surface area contributed by atoms with Crippen molar-refractivity contribution in [3.63, 3.8) is 0 Å². The van der Waals surface area contributed by atoms with Gasteiger partial charge in [0.25, 0.3) is 5.91 Å². The number of amides is 1. The molecule has 1 aromatic rings. The summed E-state index contributed by atoms with van der Waals surface area (Å²) in [6, 6.07) is 0.561. The molecule has 1 atom stereocenters. The fourth-order valence-corrected chi connectivity index (χ4v) is 3.58. The molecule has 0 aliphatic carbocycles. The van der Waals surface area contributed by atoms with Gasteiger partial charge in [-0.15, -0.1) is 0 Å². The van der Waals surface area contributed by atoms with E-state index in [0.717, 1.165) is 32.3 Å². The summed E-state index contributed by atoms with van der Waals surface area (Å²) in [6.07, 6.45) is 6.92. The van der Waals surface area contributed by atoms with E-state index in [0.29, 0.717) is 24.9 Å². The minimum Gasteiger partial charge on any atom is -0.494 e. The Balaban J connectivity index is 1.60. The van der Waals surface area contributed by atoms with Gasteiger partial charge in [-0.05, 0) is 39.8 Å². The van der Waals surface area contributed by atoms with Gasteiger partial charge in [-0.1, -0.05) is 0 Å². The maximum Gasteiger partial charge on any atom is 0.291 e. The van der Waals surface area contributed by atoms with Gasteiger partial charge in [0.05, 0.1) is 25.1 Å². The number of likely N-dealkylation sites (tertiary alicyclic amines) is 1. The molecule has 2 fully saturated rings. The van der Waals surface area contributed by atoms with Gasteiger partial charge in [-0.3, -0.25) is 4.79 Å². The second-order valence-electron chi connectivity index (χ2n) is 6.88. The number of piperidine rings is 1. The van der Waals surface area contributed by atoms with Crippen LogP contribution in [0.15, 0.2) is 12.4 Å². The van der Waals surface area contributed by atoms with Gasteiger partial charge >= 0.3 is 0 Å². The number of ether oxygens (including phenoxy) is 2. The quantitative estimate of drug-likeness (QED) is 0.827. The number of hydrogen-bond acceptors (Lipinski definition) is 6. The van der Waals surface area contributed by atoms with Crippen molar-refractivity contribution < 1.29 is 14.3 Å². The second kappa shape index (κ2) is 7.03. The lowest BCUT2D eigenvalue weighted by atomic mass is 9.82. The Morgan fingerprint density at radius 2 is 2.00 bits per heavy atom. The summed E-state index contributed by atoms with van der Waals surface area (Å²) in [6.45, 7) is 2.18. The highest BCUT2D eigenvalue weighted by molar-refractivity contribution is 5.90. The molecular weight excluding hydrogens is 308 g/mol. The number of rotatable bonds is 3. The van der Waals surface area contributed by atoms with Crippen LogP contribution in [0.4, 0.5) is 0 Å². The molecule has 7 nitrogen and oxygen atoms in total. The molecule has 1 unspecified atom stereocenters. The van der Waals surface area contributed by atoms with Crippen LogP contribution in [0.25, 0.3) is 0 Å². The Morgan fingerprint density at radius 3 is 2.58 bits per heavy atom. The number of methoxy groups -OCH3 is 1. The molecule has 3 heterocycles. The first-order valence-electron chi connectivity index (χ1n) is 8.49. The molecule has 1 aromatic heterocycles. The van der Waals surface area contributed by atoms with Crippen LogP contribution < -0.4 is 4.74 Å². The molecule has 7 heteroatoms. The zero-order chi connectivity index (χ0) is 17.2. The van der Waals surface area contributed by atoms with Gasteiger partial charge in [-0.2, -0.15) is 0 Å². The van der Waals surface area contributed by atoms with Crippen molar-refractivity contribution in [2.24, 2.45) is 0 Å². The van der Waals surface area contributed by atoms with E-state index < -0.39 is 0 Å². The summed E-state index contributed by atoms with van der Waals surface area (Å²) in [5.41, 5.74) is -0.0786. The molecule has 1 amide bonds. The Bertz CT molecular complexity index is 568. The van der Waals surface area contributed by atoms with E-state index >= 15 is 0 Å². The monoisotopic (exact) mass is 334 g/mol. The van der Waals surface area contributed by atoms with Crippen molar-refractivity contribution in [2.45, 2.75) is 37.3 Å². The first-order chi connectivity index (χ1) is 11.5. The SMILES string of the molecule is COc1cnc(C(=O)N2CCC3(CC2)CC(N(C)C)CCO3)nc1. The highest BCUT2D eigenvalue weighted by Gasteiger charge is 2.41. The van der Waals surface area contributed by atoms with Crippen molar-refractivity contribution in [3.05, 3.63) is 18.2 Å². The van der Waals surface area contributed by atoms with Crippen LogP contribution in [-0.4, -0.2) is 78.2 Å². The number of carbonyl (C=O) groups is 1. The van der Waals surface area contributed by atoms with Crippen molar-refractivity contribution >= 4 is 5.91 Å². The van der Waals surface area contributed by atoms with E-state index in [1.807, 2.05) is 4.90 Å². The van der Waals surface area contributed by atoms with E-state index in [-0.39, 0.29) is 17.3 Å². The third-order valence-electron chi connectivity index (χ3n) is 5.21. The van der Waals surface area contributed by atoms with Crippen molar-refractivity contribution in [1.82, 2.24) is 19.8 Å². The predicted octanol–water partition coefficient (Wildman–Crippen LogP) is 1.20. The van der Waals surface area contributed by atoms with Gasteiger partial charge in [0.1, 0.15) is 0 Å². The molecule has 0 radical (unpaired) electrons. The van der Waals surface area contributed by atoms with E-state index in [9.17, 15) is 4.79 Å². The fraction of sp³-hybridized carbons (Fsp3) is 0.706. The smallest absolute Gasteiger partial charge is 0.291 e. The van der Waals surface area contributed by atoms with E-state index in [1.165, 1.54) is 12.4 Å². The minimum absolute atomic E-state index is 0.0786. The first-order valence-corrected chi connectivity index (χ1v) is 8.49. The van der Waals surface area contributed by atoms with Gasteiger partial charge in [0.15, 0.2) is 5.75 Å². The molecular formula is C17H26N4O3. The molecule has 132 valence electrons. The third-order valence-corrected chi connectivity index (χ3v) is 5.21. The summed E-state index contributed by atoms with van der Waals surface area (Å²) in [7, 11) is 5.81. The van der Waals surface area contributed by atoms with Crippen LogP contribution in [0.2, 0.25) is 0 Å². The van der Waals surface area contributed by atoms with Crippen LogP contribution in [0.1, 0.15) is 36.3 Å². The Hall–Kier alpha value is -1.73. The molecule has 24 heavy (non-hydrogen) atoms. The number of carbonyl (C=O) groups excluding carboxylic acids is 1. The summed E-state index contributed by atoms with van der Waals surface area (Å²) in [5, 5.41) is 0. The third kappa shape index (κ3) is 3.52. The Kier molecular flexibility index (Phi) is 5.01. The van der Waals surface area contributed by atoms with Crippen molar-refractivity contribution in [1.29, 1.82) is 0 Å². The van der Waals surface area contributed by atoms with Gasteiger partial charge in [-0.25, -0.2) is 9.97 Å². The van der Waals surface area contributed by atoms with Crippen molar-refractivity contribution in [3.8, 4) is 5.75 Å². The van der Waals surface area contributed by atoms with Crippen LogP contribution >= 0.6 is 0 Å². The average molecular weight is 334 g/mol. The largest absolute Gasteiger partial charge is 0.494 e. The lowest BCUT2D eigenvalue weighted by Crippen LogP contribution is -2.53. The second-order valence-corrected chi connectivity index (χ2v) is 6.88. The average Bonchev–Trinajstić information content (AvgIpc) is 2.62. The molecule has 2 aliphatic rings. The highest BCUT2D eigenvalue weighted by atomic mass is 16.5. The van der Waals surface area contributed by atoms with E-state index in [1.54, 1.807) is 7.11 Å². The highest BCUT2D eigenvalue weighted by Crippen LogP contribution is 2.36. The van der Waals surface area contributed by atoms with Gasteiger partial charge in [0.2, 0.25) is 5.82 Å². The van der Waals surface area contributed by atoms with Gasteiger partial charge in [0, 0.05) is 25.7 Å². The molecule has 0 N–H and O–H groups in total. The number of nitrogens with zero attached hydrogens (tertiary/aromatic N) is 4. The first kappa shape index (κ1) is 17.1. The van der Waals surface area contributed by atoms with E-state index in [2.05, 4.69) is 29.0 Å². The molecule has 2 saturated heterocycles. The summed E-state index contributed by atoms with van der Waals surface area (Å²) in [5.74, 6) is 0.657. The lowest BCUT2D eigenvalue weighted by molar-refractivity contribution is -0.125. The maximum absolute atomic E-state index is 12.6. The molecule has 0 aromatic carbocycles. The number of aromatic nitrogens is 2. The van der Waals surface area contributed by atoms with E-state index in [4.69, 9.17) is 9.47 Å². The summed E-state index contributed by atoms with van der Waals surface area (Å²) < 4.78 is 11.2. The fourth-order valence-electron chi connectivity index (χ4n) is 3.58. The standard InChI is InChI=1S/C17H26N4O3/c1-20(2)13-4-9-24-17(10-13)5-7-21(8-6-17)16(22)15-18-11-14(23-3)12-19-15/h11-13H,4-10H2,1-3H3. The molecule has 1 spiro atoms. The Labute approximate surface area is 143 Å². The summed E-state index contributed by atoms with van der Waals surface area (Å²) in [4.78, 5) is 24.9. The Morgan fingerprint density at radius 1 is 1.33 bits per heavy atom. The van der Waals surface area contributed by atoms with Crippen LogP contribution in [-0.2, 0) is 4.74 Å². The van der Waals surface area contributed by atoms with Crippen molar-refractivity contribution in [2.75, 3.05) is 40.9 Å². The predicted molar refractivity (Wildman–Crippen MR) is 89.1 cm³/mol. The summed E-state index contributed by atoms with van der Waals surface area (Å²) >= 11 is 0. The van der Waals surface area contributed by atoms with Crippen LogP contribution in [0.5, 0.6) is 5.75 Å². The van der Waals surface area contributed by atoms with Crippen LogP contribution in [0, 0.1) is 0 Å². The molecule has 0 bridgehead atoms. The zero-order valence-electron chi connectivity index (χ0n) is 14.7. The molecule has 2 aliphatic heterocycles.